The van der Waals surface area contributed by atoms with Gasteiger partial charge in [0.2, 0.25) is 0 Å². The average Bonchev–Trinajstić information content (AvgIpc) is 2.93. The Labute approximate surface area is 157 Å². The van der Waals surface area contributed by atoms with E-state index in [1.807, 2.05) is 41.9 Å². The summed E-state index contributed by atoms with van der Waals surface area (Å²) in [5.74, 6) is 1.07. The highest BCUT2D eigenvalue weighted by Gasteiger charge is 2.69. The van der Waals surface area contributed by atoms with Gasteiger partial charge in [0, 0.05) is 23.9 Å². The van der Waals surface area contributed by atoms with E-state index in [1.54, 1.807) is 0 Å². The molecule has 2 heterocycles. The number of nitrogens with zero attached hydrogens (tertiary/aromatic N) is 1. The number of benzene rings is 3. The molecule has 0 N–H and O–H groups in total. The van der Waals surface area contributed by atoms with Crippen molar-refractivity contribution in [2.75, 3.05) is 12.8 Å². The van der Waals surface area contributed by atoms with Crippen LogP contribution in [-0.2, 0) is 10.3 Å². The fourth-order valence-corrected chi connectivity index (χ4v) is 6.57. The third-order valence-corrected chi connectivity index (χ3v) is 7.75. The number of likely N-dealkylation sites (N-methyl/N-ethyl adjacent to an activating group) is 1. The molecule has 0 bridgehead atoms. The van der Waals surface area contributed by atoms with Crippen molar-refractivity contribution in [2.45, 2.75) is 10.3 Å². The lowest BCUT2D eigenvalue weighted by Crippen LogP contribution is -2.64. The molecule has 128 valence electrons. The van der Waals surface area contributed by atoms with Gasteiger partial charge in [0.25, 0.3) is 5.91 Å². The Morgan fingerprint density at radius 3 is 1.88 bits per heavy atom. The maximum Gasteiger partial charge on any atom is 0.255 e. The Morgan fingerprint density at radius 1 is 0.808 bits per heavy atom. The summed E-state index contributed by atoms with van der Waals surface area (Å²) in [7, 11) is 1.95. The van der Waals surface area contributed by atoms with Gasteiger partial charge in [-0.15, -0.1) is 11.8 Å². The Morgan fingerprint density at radius 2 is 1.35 bits per heavy atom. The van der Waals surface area contributed by atoms with Crippen molar-refractivity contribution in [2.24, 2.45) is 0 Å². The number of amides is 1. The van der Waals surface area contributed by atoms with E-state index >= 15 is 0 Å². The minimum Gasteiger partial charge on any atom is -0.322 e. The molecule has 1 spiro atoms. The second kappa shape index (κ2) is 5.49. The van der Waals surface area contributed by atoms with Gasteiger partial charge in [-0.2, -0.15) is 0 Å². The fraction of sp³-hybridized carbons (Fsp3) is 0.174. The van der Waals surface area contributed by atoms with E-state index in [0.29, 0.717) is 0 Å². The first kappa shape index (κ1) is 15.7. The molecule has 1 unspecified atom stereocenters. The van der Waals surface area contributed by atoms with Gasteiger partial charge >= 0.3 is 0 Å². The summed E-state index contributed by atoms with van der Waals surface area (Å²) in [6, 6.07) is 29.4. The molecule has 1 fully saturated rings. The van der Waals surface area contributed by atoms with Crippen molar-refractivity contribution in [1.29, 1.82) is 0 Å². The predicted octanol–water partition coefficient (Wildman–Crippen LogP) is 4.66. The lowest BCUT2D eigenvalue weighted by Gasteiger charge is -2.60. The molecule has 0 aliphatic carbocycles. The lowest BCUT2D eigenvalue weighted by molar-refractivity contribution is 0.0656. The van der Waals surface area contributed by atoms with Gasteiger partial charge in [0.1, 0.15) is 4.87 Å². The third-order valence-electron chi connectivity index (χ3n) is 5.91. The van der Waals surface area contributed by atoms with Crippen molar-refractivity contribution >= 4 is 17.7 Å². The molecule has 0 aromatic heterocycles. The molecule has 1 saturated heterocycles. The lowest BCUT2D eigenvalue weighted by atomic mass is 9.66. The van der Waals surface area contributed by atoms with Gasteiger partial charge in [-0.25, -0.2) is 0 Å². The molecule has 2 nitrogen and oxygen atoms in total. The van der Waals surface area contributed by atoms with E-state index in [4.69, 9.17) is 0 Å². The molecule has 26 heavy (non-hydrogen) atoms. The second-order valence-electron chi connectivity index (χ2n) is 6.98. The normalized spacial score (nSPS) is 23.0. The summed E-state index contributed by atoms with van der Waals surface area (Å²) >= 11 is 1.87. The van der Waals surface area contributed by atoms with Crippen LogP contribution in [0.1, 0.15) is 27.0 Å². The first-order chi connectivity index (χ1) is 12.7. The van der Waals surface area contributed by atoms with Crippen molar-refractivity contribution in [1.82, 2.24) is 4.90 Å². The van der Waals surface area contributed by atoms with Crippen molar-refractivity contribution < 1.29 is 4.79 Å². The highest BCUT2D eigenvalue weighted by Crippen LogP contribution is 2.69. The molecule has 0 saturated carbocycles. The average molecular weight is 357 g/mol. The van der Waals surface area contributed by atoms with Crippen LogP contribution in [0.4, 0.5) is 0 Å². The molecular weight excluding hydrogens is 338 g/mol. The largest absolute Gasteiger partial charge is 0.322 e. The van der Waals surface area contributed by atoms with E-state index in [1.165, 1.54) is 11.1 Å². The van der Waals surface area contributed by atoms with Crippen LogP contribution in [0.5, 0.6) is 0 Å². The maximum absolute atomic E-state index is 13.1. The van der Waals surface area contributed by atoms with Gasteiger partial charge in [0.15, 0.2) is 0 Å². The van der Waals surface area contributed by atoms with Crippen LogP contribution in [-0.4, -0.2) is 23.6 Å². The minimum absolute atomic E-state index is 0.115. The molecule has 5 rings (SSSR count). The summed E-state index contributed by atoms with van der Waals surface area (Å²) in [6.45, 7) is 0. The van der Waals surface area contributed by atoms with Crippen LogP contribution in [0.3, 0.4) is 0 Å². The monoisotopic (exact) mass is 357 g/mol. The van der Waals surface area contributed by atoms with Crippen LogP contribution < -0.4 is 0 Å². The molecule has 3 aromatic carbocycles. The molecule has 3 aromatic rings. The quantitative estimate of drug-likeness (QED) is 0.665. The van der Waals surface area contributed by atoms with E-state index in [9.17, 15) is 4.79 Å². The Bertz CT molecular complexity index is 946. The number of carbonyl (C=O) groups is 1. The highest BCUT2D eigenvalue weighted by atomic mass is 32.2. The molecule has 0 radical (unpaired) electrons. The fourth-order valence-electron chi connectivity index (χ4n) is 4.68. The minimum atomic E-state index is -0.399. The standard InChI is InChI=1S/C23H19NOS/c1-24-21(25)19-14-8-9-15-20(19)23(24)22(16-26-23,17-10-4-2-5-11-17)18-12-6-3-7-13-18/h2-15H,16H2,1H3. The Hall–Kier alpha value is -2.52. The molecule has 2 aliphatic rings. The van der Waals surface area contributed by atoms with Crippen LogP contribution >= 0.6 is 11.8 Å². The maximum atomic E-state index is 13.1. The van der Waals surface area contributed by atoms with Gasteiger partial charge in [-0.1, -0.05) is 78.9 Å². The summed E-state index contributed by atoms with van der Waals surface area (Å²) in [5, 5.41) is 0. The molecular formula is C23H19NOS. The van der Waals surface area contributed by atoms with Gasteiger partial charge in [-0.05, 0) is 17.2 Å². The zero-order valence-electron chi connectivity index (χ0n) is 14.6. The van der Waals surface area contributed by atoms with Crippen molar-refractivity contribution in [3.63, 3.8) is 0 Å². The topological polar surface area (TPSA) is 20.3 Å². The molecule has 2 aliphatic heterocycles. The second-order valence-corrected chi connectivity index (χ2v) is 8.15. The first-order valence-electron chi connectivity index (χ1n) is 8.84. The highest BCUT2D eigenvalue weighted by molar-refractivity contribution is 8.01. The predicted molar refractivity (Wildman–Crippen MR) is 106 cm³/mol. The van der Waals surface area contributed by atoms with Gasteiger partial charge in [-0.3, -0.25) is 4.79 Å². The van der Waals surface area contributed by atoms with Gasteiger partial charge < -0.3 is 4.90 Å². The van der Waals surface area contributed by atoms with Crippen LogP contribution in [0.2, 0.25) is 0 Å². The van der Waals surface area contributed by atoms with Crippen LogP contribution in [0, 0.1) is 0 Å². The number of carbonyl (C=O) groups excluding carboxylic acids is 1. The van der Waals surface area contributed by atoms with Crippen LogP contribution in [0.15, 0.2) is 84.9 Å². The van der Waals surface area contributed by atoms with E-state index in [0.717, 1.165) is 16.9 Å². The number of hydrogen-bond acceptors (Lipinski definition) is 2. The zero-order chi connectivity index (χ0) is 17.8. The van der Waals surface area contributed by atoms with Crippen LogP contribution in [0.25, 0.3) is 0 Å². The molecule has 1 amide bonds. The Kier molecular flexibility index (Phi) is 3.32. The van der Waals surface area contributed by atoms with Crippen molar-refractivity contribution in [3.8, 4) is 0 Å². The van der Waals surface area contributed by atoms with Gasteiger partial charge in [0.05, 0.1) is 5.41 Å². The smallest absolute Gasteiger partial charge is 0.255 e. The summed E-state index contributed by atoms with van der Waals surface area (Å²) in [5.41, 5.74) is 4.24. The molecule has 3 heteroatoms. The van der Waals surface area contributed by atoms with E-state index < -0.39 is 4.87 Å². The number of fused-ring (bicyclic) bond motifs is 2. The van der Waals surface area contributed by atoms with E-state index in [2.05, 4.69) is 66.7 Å². The number of rotatable bonds is 2. The first-order valence-corrected chi connectivity index (χ1v) is 9.83. The SMILES string of the molecule is CN1C(=O)c2ccccc2C12SCC2(c1ccccc1)c1ccccc1. The summed E-state index contributed by atoms with van der Waals surface area (Å²) in [6.07, 6.45) is 0. The van der Waals surface area contributed by atoms with Crippen molar-refractivity contribution in [3.05, 3.63) is 107 Å². The number of thioether (sulfide) groups is 1. The molecule has 1 atom stereocenters. The summed E-state index contributed by atoms with van der Waals surface area (Å²) < 4.78 is 0. The van der Waals surface area contributed by atoms with E-state index in [-0.39, 0.29) is 11.3 Å². The third kappa shape index (κ3) is 1.71. The number of hydrogen-bond donors (Lipinski definition) is 0. The zero-order valence-corrected chi connectivity index (χ0v) is 15.4. The Balaban J connectivity index is 1.84. The summed E-state index contributed by atoms with van der Waals surface area (Å²) in [4.78, 5) is 14.6.